The van der Waals surface area contributed by atoms with Crippen LogP contribution in [0.1, 0.15) is 0 Å². The summed E-state index contributed by atoms with van der Waals surface area (Å²) in [5, 5.41) is 7.99. The van der Waals surface area contributed by atoms with Crippen LogP contribution < -0.4 is 0 Å². The number of rotatable bonds is 4. The molecule has 0 fully saturated rings. The van der Waals surface area contributed by atoms with Crippen molar-refractivity contribution in [1.29, 1.82) is 0 Å². The van der Waals surface area contributed by atoms with E-state index in [0.717, 1.165) is 0 Å². The lowest BCUT2D eigenvalue weighted by Gasteiger charge is -2.30. The molecule has 0 aliphatic heterocycles. The number of aliphatic carboxylic acids is 1. The second kappa shape index (κ2) is 4.15. The lowest BCUT2D eigenvalue weighted by atomic mass is 10.0. The van der Waals surface area contributed by atoms with Crippen LogP contribution >= 0.6 is 0 Å². The molecule has 0 radical (unpaired) electrons. The highest BCUT2D eigenvalue weighted by atomic mass is 19.4. The summed E-state index contributed by atoms with van der Waals surface area (Å²) in [7, 11) is 0. The number of carboxylic acids is 1. The SMILES string of the molecule is C=C(C(=O)O)C(F)C(F)(F)C(F)(F)C(F)(F)F. The highest BCUT2D eigenvalue weighted by Crippen LogP contribution is 2.49. The second-order valence-electron chi connectivity index (χ2n) is 2.89. The van der Waals surface area contributed by atoms with E-state index in [1.807, 2.05) is 0 Å². The van der Waals surface area contributed by atoms with Gasteiger partial charge in [-0.15, -0.1) is 0 Å². The molecule has 100 valence electrons. The first-order valence-corrected chi connectivity index (χ1v) is 3.65. The molecular weight excluding hydrogens is 268 g/mol. The minimum Gasteiger partial charge on any atom is -0.478 e. The topological polar surface area (TPSA) is 37.3 Å². The maximum Gasteiger partial charge on any atom is 0.460 e. The van der Waals surface area contributed by atoms with Crippen LogP contribution in [0.2, 0.25) is 0 Å². The monoisotopic (exact) mass is 272 g/mol. The first-order valence-electron chi connectivity index (χ1n) is 3.65. The molecule has 0 bridgehead atoms. The molecule has 0 saturated carbocycles. The van der Waals surface area contributed by atoms with Gasteiger partial charge in [0.2, 0.25) is 6.17 Å². The van der Waals surface area contributed by atoms with Crippen LogP contribution in [0.25, 0.3) is 0 Å². The van der Waals surface area contributed by atoms with Crippen molar-refractivity contribution in [2.45, 2.75) is 24.2 Å². The third-order valence-corrected chi connectivity index (χ3v) is 1.67. The highest BCUT2D eigenvalue weighted by molar-refractivity contribution is 5.87. The quantitative estimate of drug-likeness (QED) is 0.631. The van der Waals surface area contributed by atoms with Crippen LogP contribution in [0, 0.1) is 0 Å². The molecule has 1 N–H and O–H groups in total. The van der Waals surface area contributed by atoms with Crippen LogP contribution in [0.15, 0.2) is 12.2 Å². The minimum absolute atomic E-state index is 2.10. The molecule has 0 aromatic heterocycles. The van der Waals surface area contributed by atoms with E-state index < -0.39 is 35.7 Å². The van der Waals surface area contributed by atoms with Crippen molar-refractivity contribution in [3.63, 3.8) is 0 Å². The number of hydrogen-bond acceptors (Lipinski definition) is 1. The van der Waals surface area contributed by atoms with Gasteiger partial charge in [-0.3, -0.25) is 0 Å². The van der Waals surface area contributed by atoms with Crippen LogP contribution in [0.3, 0.4) is 0 Å². The molecule has 0 spiro atoms. The van der Waals surface area contributed by atoms with Gasteiger partial charge < -0.3 is 5.11 Å². The molecule has 10 heteroatoms. The summed E-state index contributed by atoms with van der Waals surface area (Å²) >= 11 is 0. The normalized spacial score (nSPS) is 15.5. The summed E-state index contributed by atoms with van der Waals surface area (Å²) in [5.41, 5.74) is -2.10. The van der Waals surface area contributed by atoms with Gasteiger partial charge in [-0.2, -0.15) is 30.7 Å². The van der Waals surface area contributed by atoms with Gasteiger partial charge in [-0.1, -0.05) is 6.58 Å². The van der Waals surface area contributed by atoms with Gasteiger partial charge in [0.25, 0.3) is 0 Å². The fourth-order valence-corrected chi connectivity index (χ4v) is 0.675. The fraction of sp³-hybridized carbons (Fsp3) is 0.571. The van der Waals surface area contributed by atoms with E-state index in [1.54, 1.807) is 0 Å². The largest absolute Gasteiger partial charge is 0.478 e. The van der Waals surface area contributed by atoms with Crippen molar-refractivity contribution in [3.8, 4) is 0 Å². The first kappa shape index (κ1) is 15.6. The molecule has 0 aliphatic rings. The Morgan fingerprint density at radius 1 is 1.06 bits per heavy atom. The van der Waals surface area contributed by atoms with Crippen molar-refractivity contribution in [1.82, 2.24) is 0 Å². The summed E-state index contributed by atoms with van der Waals surface area (Å²) in [5.74, 6) is -15.4. The van der Waals surface area contributed by atoms with Crippen molar-refractivity contribution in [2.75, 3.05) is 0 Å². The maximum atomic E-state index is 12.6. The first-order chi connectivity index (χ1) is 7.26. The number of alkyl halides is 8. The fourth-order valence-electron chi connectivity index (χ4n) is 0.675. The Labute approximate surface area is 88.5 Å². The highest BCUT2D eigenvalue weighted by Gasteiger charge is 2.76. The third-order valence-electron chi connectivity index (χ3n) is 1.67. The Morgan fingerprint density at radius 2 is 1.41 bits per heavy atom. The molecule has 0 amide bonds. The Bertz CT molecular complexity index is 331. The zero-order valence-corrected chi connectivity index (χ0v) is 7.66. The second-order valence-corrected chi connectivity index (χ2v) is 2.89. The van der Waals surface area contributed by atoms with Gasteiger partial charge in [-0.25, -0.2) is 9.18 Å². The van der Waals surface area contributed by atoms with E-state index in [-0.39, 0.29) is 0 Å². The smallest absolute Gasteiger partial charge is 0.460 e. The Balaban J connectivity index is 5.42. The van der Waals surface area contributed by atoms with Crippen LogP contribution in [-0.4, -0.2) is 35.3 Å². The number of halogens is 8. The third kappa shape index (κ3) is 2.50. The molecular formula is C7H4F8O2. The van der Waals surface area contributed by atoms with Gasteiger partial charge >= 0.3 is 24.0 Å². The standard InChI is InChI=1S/C7H4F8O2/c1-2(4(16)17)3(8)5(9,10)6(11,12)7(13,14)15/h3H,1H2,(H,16,17). The van der Waals surface area contributed by atoms with Gasteiger partial charge in [0.1, 0.15) is 0 Å². The van der Waals surface area contributed by atoms with Crippen LogP contribution in [-0.2, 0) is 4.79 Å². The van der Waals surface area contributed by atoms with E-state index in [0.29, 0.717) is 0 Å². The van der Waals surface area contributed by atoms with Gasteiger partial charge in [0.05, 0.1) is 5.57 Å². The van der Waals surface area contributed by atoms with Crippen LogP contribution in [0.4, 0.5) is 35.1 Å². The summed E-state index contributed by atoms with van der Waals surface area (Å²) in [6, 6.07) is 0. The molecule has 1 unspecified atom stereocenters. The molecule has 0 aromatic rings. The average Bonchev–Trinajstić information content (AvgIpc) is 2.13. The van der Waals surface area contributed by atoms with Gasteiger partial charge in [0, 0.05) is 0 Å². The van der Waals surface area contributed by atoms with E-state index >= 15 is 0 Å². The van der Waals surface area contributed by atoms with Gasteiger partial charge in [-0.05, 0) is 0 Å². The summed E-state index contributed by atoms with van der Waals surface area (Å²) in [6.07, 6.45) is -11.1. The van der Waals surface area contributed by atoms with E-state index in [2.05, 4.69) is 6.58 Å². The number of carbonyl (C=O) groups is 1. The van der Waals surface area contributed by atoms with Crippen molar-refractivity contribution < 1.29 is 45.0 Å². The van der Waals surface area contributed by atoms with Crippen molar-refractivity contribution >= 4 is 5.97 Å². The zero-order chi connectivity index (χ0) is 14.2. The number of carboxylic acid groups (broad SMARTS) is 1. The molecule has 0 aliphatic carbocycles. The van der Waals surface area contributed by atoms with E-state index in [1.165, 1.54) is 0 Å². The van der Waals surface area contributed by atoms with Gasteiger partial charge in [0.15, 0.2) is 0 Å². The molecule has 0 aromatic carbocycles. The molecule has 2 nitrogen and oxygen atoms in total. The summed E-state index contributed by atoms with van der Waals surface area (Å²) < 4.78 is 96.9. The lowest BCUT2D eigenvalue weighted by molar-refractivity contribution is -0.363. The minimum atomic E-state index is -6.72. The molecule has 0 rings (SSSR count). The van der Waals surface area contributed by atoms with E-state index in [4.69, 9.17) is 5.11 Å². The lowest BCUT2D eigenvalue weighted by Crippen LogP contribution is -2.57. The van der Waals surface area contributed by atoms with Crippen molar-refractivity contribution in [3.05, 3.63) is 12.2 Å². The van der Waals surface area contributed by atoms with E-state index in [9.17, 15) is 39.9 Å². The number of hydrogen-bond donors (Lipinski definition) is 1. The summed E-state index contributed by atoms with van der Waals surface area (Å²) in [6.45, 7) is 2.16. The Hall–Kier alpha value is -1.35. The molecule has 0 heterocycles. The van der Waals surface area contributed by atoms with Crippen LogP contribution in [0.5, 0.6) is 0 Å². The summed E-state index contributed by atoms with van der Waals surface area (Å²) in [4.78, 5) is 9.97. The zero-order valence-electron chi connectivity index (χ0n) is 7.66. The molecule has 17 heavy (non-hydrogen) atoms. The predicted octanol–water partition coefficient (Wildman–Crippen LogP) is 2.80. The molecule has 1 atom stereocenters. The van der Waals surface area contributed by atoms with Crippen molar-refractivity contribution in [2.24, 2.45) is 0 Å². The maximum absolute atomic E-state index is 12.6. The Morgan fingerprint density at radius 3 is 1.65 bits per heavy atom. The molecule has 0 saturated heterocycles. The predicted molar refractivity (Wildman–Crippen MR) is 37.6 cm³/mol. The average molecular weight is 272 g/mol. The Kier molecular flexibility index (Phi) is 3.82.